The molecule has 0 unspecified atom stereocenters. The highest BCUT2D eigenvalue weighted by atomic mass is 32.2. The van der Waals surface area contributed by atoms with Crippen molar-refractivity contribution in [1.29, 1.82) is 0 Å². The van der Waals surface area contributed by atoms with Crippen molar-refractivity contribution in [2.45, 2.75) is 19.3 Å². The zero-order chi connectivity index (χ0) is 9.90. The molecular formula is C11H16OS. The Kier molecular flexibility index (Phi) is 3.26. The molecule has 1 aromatic carbocycles. The van der Waals surface area contributed by atoms with Crippen molar-refractivity contribution in [3.05, 3.63) is 29.8 Å². The van der Waals surface area contributed by atoms with Gasteiger partial charge in [0.1, 0.15) is 5.75 Å². The van der Waals surface area contributed by atoms with Gasteiger partial charge in [-0.2, -0.15) is 11.8 Å². The van der Waals surface area contributed by atoms with E-state index in [1.54, 1.807) is 17.8 Å². The molecule has 2 heteroatoms. The molecule has 1 aromatic rings. The third-order valence-corrected chi connectivity index (χ3v) is 3.15. The fraction of sp³-hybridized carbons (Fsp3) is 0.455. The summed E-state index contributed by atoms with van der Waals surface area (Å²) in [6.07, 6.45) is 2.09. The van der Waals surface area contributed by atoms with Gasteiger partial charge in [-0.3, -0.25) is 0 Å². The Balaban J connectivity index is 2.99. The van der Waals surface area contributed by atoms with Gasteiger partial charge in [0.2, 0.25) is 0 Å². The summed E-state index contributed by atoms with van der Waals surface area (Å²) >= 11 is 1.80. The van der Waals surface area contributed by atoms with Gasteiger partial charge in [-0.15, -0.1) is 0 Å². The van der Waals surface area contributed by atoms with Crippen molar-refractivity contribution in [2.24, 2.45) is 0 Å². The van der Waals surface area contributed by atoms with Crippen molar-refractivity contribution in [3.63, 3.8) is 0 Å². The zero-order valence-electron chi connectivity index (χ0n) is 8.37. The molecule has 0 radical (unpaired) electrons. The summed E-state index contributed by atoms with van der Waals surface area (Å²) in [5.41, 5.74) is 1.08. The first-order valence-electron chi connectivity index (χ1n) is 4.35. The molecule has 1 N–H and O–H groups in total. The lowest BCUT2D eigenvalue weighted by Gasteiger charge is -2.24. The maximum Gasteiger partial charge on any atom is 0.119 e. The Morgan fingerprint density at radius 3 is 2.46 bits per heavy atom. The van der Waals surface area contributed by atoms with E-state index in [0.29, 0.717) is 5.75 Å². The van der Waals surface area contributed by atoms with Gasteiger partial charge >= 0.3 is 0 Å². The molecule has 0 aliphatic carbocycles. The second-order valence-corrected chi connectivity index (χ2v) is 4.70. The number of aromatic hydroxyl groups is 1. The van der Waals surface area contributed by atoms with E-state index in [9.17, 15) is 5.11 Å². The largest absolute Gasteiger partial charge is 0.508 e. The molecular weight excluding hydrogens is 180 g/mol. The molecule has 0 atom stereocenters. The average Bonchev–Trinajstić information content (AvgIpc) is 2.04. The Morgan fingerprint density at radius 1 is 1.31 bits per heavy atom. The van der Waals surface area contributed by atoms with Gasteiger partial charge in [0.25, 0.3) is 0 Å². The van der Waals surface area contributed by atoms with Gasteiger partial charge in [-0.1, -0.05) is 32.0 Å². The number of phenols is 1. The standard InChI is InChI=1S/C11H16OS/c1-11(2,8-13-3)9-6-4-5-7-10(9)12/h4-7,12H,8H2,1-3H3. The van der Waals surface area contributed by atoms with Crippen LogP contribution in [0.4, 0.5) is 0 Å². The molecule has 0 saturated carbocycles. The normalized spacial score (nSPS) is 11.6. The van der Waals surface area contributed by atoms with Crippen LogP contribution in [0.5, 0.6) is 5.75 Å². The van der Waals surface area contributed by atoms with Gasteiger partial charge in [-0.05, 0) is 12.3 Å². The van der Waals surface area contributed by atoms with E-state index >= 15 is 0 Å². The van der Waals surface area contributed by atoms with Gasteiger partial charge in [0.15, 0.2) is 0 Å². The van der Waals surface area contributed by atoms with Gasteiger partial charge in [0.05, 0.1) is 0 Å². The molecule has 72 valence electrons. The average molecular weight is 196 g/mol. The molecule has 0 aliphatic rings. The lowest BCUT2D eigenvalue weighted by molar-refractivity contribution is 0.448. The topological polar surface area (TPSA) is 20.2 Å². The fourth-order valence-electron chi connectivity index (χ4n) is 1.48. The Labute approximate surface area is 84.2 Å². The Hall–Kier alpha value is -0.630. The summed E-state index contributed by atoms with van der Waals surface area (Å²) in [5, 5.41) is 9.66. The minimum atomic E-state index is 0.0464. The number of para-hydroxylation sites is 1. The fourth-order valence-corrected chi connectivity index (χ4v) is 2.36. The first-order chi connectivity index (χ1) is 6.08. The summed E-state index contributed by atoms with van der Waals surface area (Å²) in [6.45, 7) is 4.30. The molecule has 0 heterocycles. The van der Waals surface area contributed by atoms with E-state index in [4.69, 9.17) is 0 Å². The lowest BCUT2D eigenvalue weighted by Crippen LogP contribution is -2.20. The van der Waals surface area contributed by atoms with E-state index < -0.39 is 0 Å². The third-order valence-electron chi connectivity index (χ3n) is 2.14. The van der Waals surface area contributed by atoms with E-state index in [1.165, 1.54) is 0 Å². The summed E-state index contributed by atoms with van der Waals surface area (Å²) in [6, 6.07) is 7.56. The predicted octanol–water partition coefficient (Wildman–Crippen LogP) is 3.03. The smallest absolute Gasteiger partial charge is 0.119 e. The van der Waals surface area contributed by atoms with Crippen LogP contribution in [0.3, 0.4) is 0 Å². The molecule has 0 fully saturated rings. The van der Waals surface area contributed by atoms with Crippen LogP contribution in [0.1, 0.15) is 19.4 Å². The monoisotopic (exact) mass is 196 g/mol. The van der Waals surface area contributed by atoms with Crippen LogP contribution < -0.4 is 0 Å². The number of hydrogen-bond donors (Lipinski definition) is 1. The molecule has 1 nitrogen and oxygen atoms in total. The van der Waals surface area contributed by atoms with Crippen molar-refractivity contribution in [1.82, 2.24) is 0 Å². The SMILES string of the molecule is CSCC(C)(C)c1ccccc1O. The van der Waals surface area contributed by atoms with Crippen LogP contribution in [-0.4, -0.2) is 17.1 Å². The van der Waals surface area contributed by atoms with Crippen molar-refractivity contribution in [3.8, 4) is 5.75 Å². The molecule has 0 spiro atoms. The molecule has 13 heavy (non-hydrogen) atoms. The van der Waals surface area contributed by atoms with Crippen LogP contribution in [0.25, 0.3) is 0 Å². The quantitative estimate of drug-likeness (QED) is 0.802. The Morgan fingerprint density at radius 2 is 1.92 bits per heavy atom. The van der Waals surface area contributed by atoms with Crippen LogP contribution >= 0.6 is 11.8 Å². The summed E-state index contributed by atoms with van der Waals surface area (Å²) < 4.78 is 0. The molecule has 0 amide bonds. The van der Waals surface area contributed by atoms with Gasteiger partial charge < -0.3 is 5.11 Å². The van der Waals surface area contributed by atoms with E-state index in [1.807, 2.05) is 18.2 Å². The minimum absolute atomic E-state index is 0.0464. The second kappa shape index (κ2) is 4.05. The van der Waals surface area contributed by atoms with Crippen LogP contribution in [0.2, 0.25) is 0 Å². The first-order valence-corrected chi connectivity index (χ1v) is 5.75. The minimum Gasteiger partial charge on any atom is -0.508 e. The number of benzene rings is 1. The summed E-state index contributed by atoms with van der Waals surface area (Å²) in [4.78, 5) is 0. The van der Waals surface area contributed by atoms with E-state index in [0.717, 1.165) is 11.3 Å². The summed E-state index contributed by atoms with van der Waals surface area (Å²) in [5.74, 6) is 1.42. The van der Waals surface area contributed by atoms with E-state index in [-0.39, 0.29) is 5.41 Å². The van der Waals surface area contributed by atoms with Crippen molar-refractivity contribution in [2.75, 3.05) is 12.0 Å². The summed E-state index contributed by atoms with van der Waals surface area (Å²) in [7, 11) is 0. The first kappa shape index (κ1) is 10.5. The highest BCUT2D eigenvalue weighted by Gasteiger charge is 2.22. The predicted molar refractivity (Wildman–Crippen MR) is 59.5 cm³/mol. The van der Waals surface area contributed by atoms with Crippen molar-refractivity contribution >= 4 is 11.8 Å². The second-order valence-electron chi connectivity index (χ2n) is 3.83. The number of thioether (sulfide) groups is 1. The van der Waals surface area contributed by atoms with Crippen LogP contribution in [0.15, 0.2) is 24.3 Å². The lowest BCUT2D eigenvalue weighted by atomic mass is 9.86. The number of phenolic OH excluding ortho intramolecular Hbond substituents is 1. The van der Waals surface area contributed by atoms with Gasteiger partial charge in [-0.25, -0.2) is 0 Å². The molecule has 0 saturated heterocycles. The highest BCUT2D eigenvalue weighted by Crippen LogP contribution is 2.32. The van der Waals surface area contributed by atoms with Crippen LogP contribution in [-0.2, 0) is 5.41 Å². The number of rotatable bonds is 3. The maximum atomic E-state index is 9.66. The molecule has 0 bridgehead atoms. The molecule has 0 aromatic heterocycles. The zero-order valence-corrected chi connectivity index (χ0v) is 9.19. The Bertz CT molecular complexity index is 281. The molecule has 1 rings (SSSR count). The van der Waals surface area contributed by atoms with Crippen molar-refractivity contribution < 1.29 is 5.11 Å². The maximum absolute atomic E-state index is 9.66. The number of hydrogen-bond acceptors (Lipinski definition) is 2. The van der Waals surface area contributed by atoms with Crippen LogP contribution in [0, 0.1) is 0 Å². The van der Waals surface area contributed by atoms with Gasteiger partial charge in [0, 0.05) is 16.7 Å². The third kappa shape index (κ3) is 2.41. The highest BCUT2D eigenvalue weighted by molar-refractivity contribution is 7.98. The molecule has 0 aliphatic heterocycles. The van der Waals surface area contributed by atoms with E-state index in [2.05, 4.69) is 20.1 Å².